The first-order valence-corrected chi connectivity index (χ1v) is 10.6. The number of ketones is 1. The van der Waals surface area contributed by atoms with Crippen LogP contribution >= 0.6 is 0 Å². The highest BCUT2D eigenvalue weighted by atomic mass is 16.5. The number of hydrogen-bond acceptors (Lipinski definition) is 6. The molecule has 0 spiro atoms. The number of anilines is 3. The number of rotatable bonds is 3. The van der Waals surface area contributed by atoms with Crippen LogP contribution in [0.4, 0.5) is 17.1 Å². The van der Waals surface area contributed by atoms with E-state index in [1.807, 2.05) is 54.6 Å². The van der Waals surface area contributed by atoms with Gasteiger partial charge in [-0.25, -0.2) is 0 Å². The lowest BCUT2D eigenvalue weighted by Gasteiger charge is -2.34. The third-order valence-corrected chi connectivity index (χ3v) is 6.28. The van der Waals surface area contributed by atoms with E-state index in [4.69, 9.17) is 4.52 Å². The topological polar surface area (TPSA) is 61.6 Å². The van der Waals surface area contributed by atoms with Crippen molar-refractivity contribution in [2.45, 2.75) is 0 Å². The minimum Gasteiger partial charge on any atom is -0.367 e. The van der Waals surface area contributed by atoms with Crippen LogP contribution in [0.5, 0.6) is 0 Å². The van der Waals surface area contributed by atoms with Gasteiger partial charge in [-0.05, 0) is 25.2 Å². The first-order chi connectivity index (χ1) is 15.2. The fourth-order valence-corrected chi connectivity index (χ4v) is 4.61. The SMILES string of the molecule is CN1CCN(c2cc(Nc3ccccc3)c3c4c(onc24)-c2ccccc2C3=O)CC1. The van der Waals surface area contributed by atoms with Gasteiger partial charge in [-0.1, -0.05) is 47.6 Å². The predicted octanol–water partition coefficient (Wildman–Crippen LogP) is 4.53. The molecule has 154 valence electrons. The van der Waals surface area contributed by atoms with Gasteiger partial charge in [-0.15, -0.1) is 0 Å². The molecule has 1 aromatic heterocycles. The van der Waals surface area contributed by atoms with Crippen LogP contribution < -0.4 is 10.2 Å². The molecule has 6 nitrogen and oxygen atoms in total. The van der Waals surface area contributed by atoms with Crippen molar-refractivity contribution in [1.82, 2.24) is 10.1 Å². The van der Waals surface area contributed by atoms with Crippen molar-refractivity contribution >= 4 is 33.7 Å². The Bertz CT molecular complexity index is 1300. The zero-order chi connectivity index (χ0) is 20.9. The highest BCUT2D eigenvalue weighted by Gasteiger charge is 2.34. The second-order valence-electron chi connectivity index (χ2n) is 8.21. The fourth-order valence-electron chi connectivity index (χ4n) is 4.61. The highest BCUT2D eigenvalue weighted by Crippen LogP contribution is 2.46. The van der Waals surface area contributed by atoms with Crippen LogP contribution in [0.2, 0.25) is 0 Å². The molecular weight excluding hydrogens is 388 g/mol. The van der Waals surface area contributed by atoms with E-state index in [0.717, 1.165) is 59.7 Å². The van der Waals surface area contributed by atoms with Crippen molar-refractivity contribution < 1.29 is 9.32 Å². The van der Waals surface area contributed by atoms with Gasteiger partial charge in [-0.2, -0.15) is 0 Å². The normalized spacial score (nSPS) is 15.9. The second kappa shape index (κ2) is 6.96. The molecule has 1 N–H and O–H groups in total. The number of fused-ring (bicyclic) bond motifs is 2. The van der Waals surface area contributed by atoms with Crippen LogP contribution in [-0.4, -0.2) is 49.1 Å². The van der Waals surface area contributed by atoms with Crippen molar-refractivity contribution in [3.63, 3.8) is 0 Å². The van der Waals surface area contributed by atoms with Gasteiger partial charge >= 0.3 is 0 Å². The van der Waals surface area contributed by atoms with Crippen molar-refractivity contribution in [1.29, 1.82) is 0 Å². The number of nitrogens with one attached hydrogen (secondary N) is 1. The Morgan fingerprint density at radius 2 is 1.65 bits per heavy atom. The molecule has 1 aliphatic heterocycles. The second-order valence-corrected chi connectivity index (χ2v) is 8.21. The van der Waals surface area contributed by atoms with E-state index in [9.17, 15) is 4.79 Å². The lowest BCUT2D eigenvalue weighted by Crippen LogP contribution is -2.44. The molecule has 0 amide bonds. The Kier molecular flexibility index (Phi) is 4.07. The maximum Gasteiger partial charge on any atom is 0.196 e. The van der Waals surface area contributed by atoms with E-state index in [-0.39, 0.29) is 5.78 Å². The van der Waals surface area contributed by atoms with E-state index >= 15 is 0 Å². The third-order valence-electron chi connectivity index (χ3n) is 6.28. The maximum atomic E-state index is 13.6. The zero-order valence-corrected chi connectivity index (χ0v) is 17.3. The predicted molar refractivity (Wildman–Crippen MR) is 122 cm³/mol. The highest BCUT2D eigenvalue weighted by molar-refractivity contribution is 6.28. The summed E-state index contributed by atoms with van der Waals surface area (Å²) in [6, 6.07) is 19.6. The van der Waals surface area contributed by atoms with Gasteiger partial charge in [-0.3, -0.25) is 4.79 Å². The van der Waals surface area contributed by atoms with Crippen LogP contribution in [0.15, 0.2) is 65.2 Å². The van der Waals surface area contributed by atoms with Gasteiger partial charge in [0, 0.05) is 43.0 Å². The Labute approximate surface area is 180 Å². The molecule has 1 aliphatic carbocycles. The molecule has 4 aromatic rings. The molecule has 31 heavy (non-hydrogen) atoms. The average molecular weight is 410 g/mol. The molecule has 0 bridgehead atoms. The van der Waals surface area contributed by atoms with Crippen molar-refractivity contribution in [3.05, 3.63) is 71.8 Å². The van der Waals surface area contributed by atoms with Crippen LogP contribution in [0.1, 0.15) is 15.9 Å². The maximum absolute atomic E-state index is 13.6. The van der Waals surface area contributed by atoms with Crippen LogP contribution in [0.3, 0.4) is 0 Å². The first-order valence-electron chi connectivity index (χ1n) is 10.6. The summed E-state index contributed by atoms with van der Waals surface area (Å²) in [5, 5.41) is 8.75. The Hall–Kier alpha value is -3.64. The molecule has 2 aliphatic rings. The molecule has 0 radical (unpaired) electrons. The molecule has 6 heteroatoms. The van der Waals surface area contributed by atoms with Crippen molar-refractivity contribution in [2.24, 2.45) is 0 Å². The van der Waals surface area contributed by atoms with Gasteiger partial charge < -0.3 is 19.6 Å². The summed E-state index contributed by atoms with van der Waals surface area (Å²) in [5.74, 6) is 0.673. The van der Waals surface area contributed by atoms with Crippen LogP contribution in [0.25, 0.3) is 22.2 Å². The van der Waals surface area contributed by atoms with Crippen LogP contribution in [-0.2, 0) is 0 Å². The quantitative estimate of drug-likeness (QED) is 0.471. The Balaban J connectivity index is 1.60. The molecule has 3 aromatic carbocycles. The fraction of sp³-hybridized carbons (Fsp3) is 0.200. The number of carbonyl (C=O) groups is 1. The largest absolute Gasteiger partial charge is 0.367 e. The molecule has 1 saturated heterocycles. The van der Waals surface area contributed by atoms with E-state index < -0.39 is 0 Å². The molecule has 2 heterocycles. The number of benzene rings is 3. The van der Waals surface area contributed by atoms with Gasteiger partial charge in [0.05, 0.1) is 22.3 Å². The number of carbonyl (C=O) groups excluding carboxylic acids is 1. The Morgan fingerprint density at radius 3 is 2.42 bits per heavy atom. The smallest absolute Gasteiger partial charge is 0.196 e. The number of piperazine rings is 1. The number of para-hydroxylation sites is 1. The summed E-state index contributed by atoms with van der Waals surface area (Å²) in [6.07, 6.45) is 0. The molecule has 6 rings (SSSR count). The standard InChI is InChI=1S/C25H22N4O2/c1-28-11-13-29(14-12-28)20-15-19(26-16-7-3-2-4-8-16)21-22-23(20)27-31-25(22)18-10-6-5-9-17(18)24(21)30/h2-10,15,26H,11-14H2,1H3. The lowest BCUT2D eigenvalue weighted by atomic mass is 9.86. The van der Waals surface area contributed by atoms with Crippen molar-refractivity contribution in [2.75, 3.05) is 43.4 Å². The summed E-state index contributed by atoms with van der Waals surface area (Å²) in [4.78, 5) is 18.3. The monoisotopic (exact) mass is 410 g/mol. The van der Waals surface area contributed by atoms with Crippen molar-refractivity contribution in [3.8, 4) is 11.3 Å². The number of nitrogens with zero attached hydrogens (tertiary/aromatic N) is 3. The molecule has 0 atom stereocenters. The number of likely N-dealkylation sites (N-methyl/N-ethyl adjacent to an activating group) is 1. The summed E-state index contributed by atoms with van der Waals surface area (Å²) in [7, 11) is 2.14. The first kappa shape index (κ1) is 18.2. The Morgan fingerprint density at radius 1 is 0.935 bits per heavy atom. The summed E-state index contributed by atoms with van der Waals surface area (Å²) < 4.78 is 5.86. The molecular formula is C25H22N4O2. The van der Waals surface area contributed by atoms with E-state index in [0.29, 0.717) is 16.9 Å². The van der Waals surface area contributed by atoms with Gasteiger partial charge in [0.25, 0.3) is 0 Å². The number of aromatic nitrogens is 1. The van der Waals surface area contributed by atoms with Gasteiger partial charge in [0.2, 0.25) is 0 Å². The van der Waals surface area contributed by atoms with Gasteiger partial charge in [0.1, 0.15) is 5.52 Å². The summed E-state index contributed by atoms with van der Waals surface area (Å²) in [5.41, 5.74) is 5.58. The molecule has 0 unspecified atom stereocenters. The minimum atomic E-state index is -0.000316. The third kappa shape index (κ3) is 2.83. The van der Waals surface area contributed by atoms with E-state index in [1.54, 1.807) is 0 Å². The van der Waals surface area contributed by atoms with Crippen LogP contribution in [0, 0.1) is 0 Å². The number of hydrogen-bond donors (Lipinski definition) is 1. The molecule has 1 fully saturated rings. The zero-order valence-electron chi connectivity index (χ0n) is 17.3. The lowest BCUT2D eigenvalue weighted by molar-refractivity contribution is 0.104. The minimum absolute atomic E-state index is 0.000316. The van der Waals surface area contributed by atoms with Gasteiger partial charge in [0.15, 0.2) is 11.5 Å². The summed E-state index contributed by atoms with van der Waals surface area (Å²) in [6.45, 7) is 3.78. The van der Waals surface area contributed by atoms with E-state index in [2.05, 4.69) is 33.4 Å². The molecule has 0 saturated carbocycles. The average Bonchev–Trinajstić information content (AvgIpc) is 3.24. The van der Waals surface area contributed by atoms with E-state index in [1.165, 1.54) is 0 Å². The summed E-state index contributed by atoms with van der Waals surface area (Å²) >= 11 is 0.